The maximum atomic E-state index is 2.49. The summed E-state index contributed by atoms with van der Waals surface area (Å²) in [5.74, 6) is 17.8. The molecule has 558 valence electrons. The van der Waals surface area contributed by atoms with Crippen LogP contribution in [0.1, 0.15) is 424 Å². The van der Waals surface area contributed by atoms with Crippen molar-refractivity contribution in [3.63, 3.8) is 0 Å². The Morgan fingerprint density at radius 2 is 0.774 bits per heavy atom. The van der Waals surface area contributed by atoms with E-state index in [1.807, 2.05) is 0 Å². The van der Waals surface area contributed by atoms with Gasteiger partial charge in [0, 0.05) is 0 Å². The molecule has 15 unspecified atom stereocenters. The molecule has 7 fully saturated rings. The maximum absolute atomic E-state index is 2.49. The molecule has 0 radical (unpaired) electrons. The molecule has 0 heteroatoms. The molecule has 0 heterocycles. The fraction of sp³-hybridized carbons (Fsp3) is 0.978. The van der Waals surface area contributed by atoms with Crippen molar-refractivity contribution in [1.82, 2.24) is 0 Å². The third-order valence-corrected chi connectivity index (χ3v) is 32.8. The fourth-order valence-electron chi connectivity index (χ4n) is 18.7. The molecule has 0 aliphatic heterocycles. The normalized spacial score (nSPS) is 32.9. The monoisotopic (exact) mass is 1300 g/mol. The highest BCUT2D eigenvalue weighted by Gasteiger charge is 2.57. The van der Waals surface area contributed by atoms with E-state index in [0.29, 0.717) is 43.3 Å². The Morgan fingerprint density at radius 3 is 1.00 bits per heavy atom. The van der Waals surface area contributed by atoms with Crippen LogP contribution in [0.15, 0.2) is 12.2 Å². The van der Waals surface area contributed by atoms with Gasteiger partial charge in [0.1, 0.15) is 0 Å². The van der Waals surface area contributed by atoms with Gasteiger partial charge in [0.25, 0.3) is 0 Å². The van der Waals surface area contributed by atoms with E-state index in [1.54, 1.807) is 0 Å². The minimum absolute atomic E-state index is 0.500. The van der Waals surface area contributed by atoms with Crippen molar-refractivity contribution in [2.75, 3.05) is 0 Å². The van der Waals surface area contributed by atoms with Crippen molar-refractivity contribution in [2.45, 2.75) is 424 Å². The van der Waals surface area contributed by atoms with Crippen LogP contribution in [0.2, 0.25) is 0 Å². The zero-order valence-electron chi connectivity index (χ0n) is 72.4. The summed E-state index contributed by atoms with van der Waals surface area (Å²) in [5, 5.41) is 0. The van der Waals surface area contributed by atoms with Gasteiger partial charge in [0.15, 0.2) is 0 Å². The summed E-state index contributed by atoms with van der Waals surface area (Å²) in [4.78, 5) is 0. The molecule has 8 rings (SSSR count). The minimum Gasteiger partial charge on any atom is -0.0845 e. The molecule has 8 aliphatic rings. The van der Waals surface area contributed by atoms with E-state index in [2.05, 4.69) is 275 Å². The summed E-state index contributed by atoms with van der Waals surface area (Å²) >= 11 is 0. The van der Waals surface area contributed by atoms with Gasteiger partial charge in [0.05, 0.1) is 0 Å². The topological polar surface area (TPSA) is 0 Å². The van der Waals surface area contributed by atoms with E-state index in [0.717, 1.165) is 118 Å². The number of hydrogen-bond acceptors (Lipinski definition) is 0. The average Bonchev–Trinajstić information content (AvgIpc) is 1.59. The lowest BCUT2D eigenvalue weighted by molar-refractivity contribution is 0.0726. The Balaban J connectivity index is 0.00000103. The lowest BCUT2D eigenvalue weighted by atomic mass is 9.62. The van der Waals surface area contributed by atoms with Crippen LogP contribution in [0.25, 0.3) is 0 Å². The van der Waals surface area contributed by atoms with Crippen molar-refractivity contribution < 1.29 is 0 Å². The van der Waals surface area contributed by atoms with E-state index in [4.69, 9.17) is 0 Å². The smallest absolute Gasteiger partial charge is 0.0112 e. The highest BCUT2D eigenvalue weighted by atomic mass is 14.6. The minimum atomic E-state index is 0.500. The van der Waals surface area contributed by atoms with Gasteiger partial charge >= 0.3 is 0 Å². The number of fused-ring (bicyclic) bond motifs is 4. The Kier molecular flexibility index (Phi) is 41.5. The lowest BCUT2D eigenvalue weighted by Gasteiger charge is -2.43. The van der Waals surface area contributed by atoms with Crippen LogP contribution < -0.4 is 0 Å². The lowest BCUT2D eigenvalue weighted by Crippen LogP contribution is -2.33. The van der Waals surface area contributed by atoms with Gasteiger partial charge in [0.2, 0.25) is 0 Å². The van der Waals surface area contributed by atoms with Gasteiger partial charge in [-0.05, 0) is 226 Å². The zero-order chi connectivity index (χ0) is 72.6. The van der Waals surface area contributed by atoms with Gasteiger partial charge in [-0.25, -0.2) is 0 Å². The van der Waals surface area contributed by atoms with Crippen LogP contribution in [0.4, 0.5) is 0 Å². The van der Waals surface area contributed by atoms with Crippen LogP contribution in [0, 0.1) is 162 Å². The Bertz CT molecular complexity index is 1890. The predicted octanol–water partition coefficient (Wildman–Crippen LogP) is 32.3. The van der Waals surface area contributed by atoms with E-state index in [-0.39, 0.29) is 0 Å². The zero-order valence-corrected chi connectivity index (χ0v) is 72.4. The molecule has 0 amide bonds. The summed E-state index contributed by atoms with van der Waals surface area (Å²) in [6, 6.07) is 0. The van der Waals surface area contributed by atoms with Gasteiger partial charge in [-0.2, -0.15) is 0 Å². The standard InChI is InChI=1S/C12H20.C11H20.2C11H22.2C10H20.C10H22.2C9H20/c1-8(2)11-9(3)12(4)6-5-10(11)7-12;1-8-10(2,3)9-5-6-11(8,4)7-9;1-9(2)11(4)8-6-5-7-10(11)3;1-10(2)11(3)8-6-4-5-7-9-11;1-8(2)10(4)7-5-6-9(10)3;1-9(2)10(3)7-5-4-6-8-10;1-6-8(3)10(5)9(4)7-2;1-7(2)9(5,6)8(3)4;1-6-8(4)9(5)7(2)3/h5-6,8-11H,7H2,1-4H3;8-9H,5-7H2,1-4H3;9-10H,5-8H2,1-4H3;10H,4-9H2,1-3H3;8-9H,5-7H2,1-4H3;9H,4-8H2,1-3H3;8-10H,6-7H2,1-5H3;7-8H,1-6H3;7-9H,6H2,1-5H3. The van der Waals surface area contributed by atoms with Crippen LogP contribution >= 0.6 is 0 Å². The van der Waals surface area contributed by atoms with Crippen LogP contribution in [-0.2, 0) is 0 Å². The first-order valence-electron chi connectivity index (χ1n) is 42.3. The highest BCUT2D eigenvalue weighted by Crippen LogP contribution is 2.66. The van der Waals surface area contributed by atoms with Crippen molar-refractivity contribution in [3.8, 4) is 0 Å². The SMILES string of the molecule is CC(C)C(C)(C)C(C)C.CC(C)C1(C)CCCC1C.CC(C)C1(C)CCCCC1.CC(C)C1(C)CCCCC1C.CC(C)C1(C)CCCCCC1.CC(C)C1C2C=CC(C)(C2)C1C.CC1C2(C)CCC(C2)C1(C)C.CCC(C)C(C)C(C)C.CCC(C)C(C)C(C)CC. The number of hydrogen-bond donors (Lipinski definition) is 0. The summed E-state index contributed by atoms with van der Waals surface area (Å²) in [5.41, 5.74) is 5.01. The van der Waals surface area contributed by atoms with Gasteiger partial charge in [-0.1, -0.05) is 372 Å². The van der Waals surface area contributed by atoms with Gasteiger partial charge in [-0.3, -0.25) is 0 Å². The molecule has 0 spiro atoms. The first-order valence-corrected chi connectivity index (χ1v) is 42.3. The van der Waals surface area contributed by atoms with Crippen molar-refractivity contribution >= 4 is 0 Å². The molecule has 0 aromatic carbocycles. The van der Waals surface area contributed by atoms with Crippen LogP contribution in [-0.4, -0.2) is 0 Å². The van der Waals surface area contributed by atoms with E-state index < -0.39 is 0 Å². The average molecular weight is 1300 g/mol. The molecule has 0 aromatic heterocycles. The second kappa shape index (κ2) is 41.6. The van der Waals surface area contributed by atoms with Crippen molar-refractivity contribution in [1.29, 1.82) is 0 Å². The second-order valence-corrected chi connectivity index (χ2v) is 40.6. The summed E-state index contributed by atoms with van der Waals surface area (Å²) in [6.07, 6.45) is 41.1. The number of allylic oxidation sites excluding steroid dienone is 2. The maximum Gasteiger partial charge on any atom is -0.0112 e. The first-order chi connectivity index (χ1) is 42.6. The molecular weight excluding hydrogens is 1120 g/mol. The summed E-state index contributed by atoms with van der Waals surface area (Å²) < 4.78 is 0. The fourth-order valence-corrected chi connectivity index (χ4v) is 18.7. The molecule has 0 nitrogen and oxygen atoms in total. The molecule has 0 aromatic rings. The molecule has 0 saturated heterocycles. The first kappa shape index (κ1) is 92.7. The van der Waals surface area contributed by atoms with E-state index in [1.165, 1.54) is 161 Å². The molecule has 15 atom stereocenters. The molecule has 4 bridgehead atoms. The third kappa shape index (κ3) is 27.6. The quantitative estimate of drug-likeness (QED) is 0.120. The molecule has 93 heavy (non-hydrogen) atoms. The van der Waals surface area contributed by atoms with Crippen molar-refractivity contribution in [3.05, 3.63) is 12.2 Å². The summed E-state index contributed by atoms with van der Waals surface area (Å²) in [7, 11) is 0. The van der Waals surface area contributed by atoms with Crippen LogP contribution in [0.3, 0.4) is 0 Å². The molecule has 0 N–H and O–H groups in total. The van der Waals surface area contributed by atoms with E-state index >= 15 is 0 Å². The Labute approximate surface area is 594 Å². The highest BCUT2D eigenvalue weighted by molar-refractivity contribution is 5.19. The third-order valence-electron chi connectivity index (χ3n) is 32.8. The van der Waals surface area contributed by atoms with Crippen molar-refractivity contribution in [2.24, 2.45) is 162 Å². The van der Waals surface area contributed by atoms with E-state index in [9.17, 15) is 0 Å². The van der Waals surface area contributed by atoms with Gasteiger partial charge < -0.3 is 0 Å². The Hall–Kier alpha value is -0.260. The summed E-state index contributed by atoms with van der Waals surface area (Å²) in [6.45, 7) is 90.2. The Morgan fingerprint density at radius 1 is 0.409 bits per heavy atom. The van der Waals surface area contributed by atoms with Gasteiger partial charge in [-0.15, -0.1) is 0 Å². The van der Waals surface area contributed by atoms with Crippen LogP contribution in [0.5, 0.6) is 0 Å². The molecular formula is C93H186. The number of rotatable bonds is 14. The molecule has 8 aliphatic carbocycles. The largest absolute Gasteiger partial charge is 0.0845 e. The predicted molar refractivity (Wildman–Crippen MR) is 429 cm³/mol. The second-order valence-electron chi connectivity index (χ2n) is 40.6. The molecule has 7 saturated carbocycles.